The van der Waals surface area contributed by atoms with Crippen molar-refractivity contribution in [3.05, 3.63) is 58.1 Å². The highest BCUT2D eigenvalue weighted by atomic mass is 35.5. The van der Waals surface area contributed by atoms with Crippen LogP contribution in [0.2, 0.25) is 10.0 Å². The van der Waals surface area contributed by atoms with Crippen LogP contribution in [0.4, 0.5) is 10.5 Å². The Balaban J connectivity index is 1.92. The Hall–Kier alpha value is -2.52. The summed E-state index contributed by atoms with van der Waals surface area (Å²) in [6.07, 6.45) is 2.59. The van der Waals surface area contributed by atoms with E-state index in [0.29, 0.717) is 54.4 Å². The second-order valence-electron chi connectivity index (χ2n) is 8.34. The molecule has 2 aromatic rings. The molecule has 0 spiro atoms. The molecule has 0 bridgehead atoms. The van der Waals surface area contributed by atoms with Crippen molar-refractivity contribution in [2.24, 2.45) is 0 Å². The second kappa shape index (κ2) is 17.1. The third kappa shape index (κ3) is 11.6. The van der Waals surface area contributed by atoms with Crippen molar-refractivity contribution in [2.45, 2.75) is 45.6 Å². The smallest absolute Gasteiger partial charge is 0.333 e. The highest BCUT2D eigenvalue weighted by Gasteiger charge is 2.18. The normalized spacial score (nSPS) is 11.7. The fourth-order valence-corrected chi connectivity index (χ4v) is 3.91. The van der Waals surface area contributed by atoms with Gasteiger partial charge in [0.15, 0.2) is 6.10 Å². The molecule has 0 aliphatic carbocycles. The molecule has 10 heteroatoms. The van der Waals surface area contributed by atoms with Gasteiger partial charge >= 0.3 is 12.0 Å². The van der Waals surface area contributed by atoms with Gasteiger partial charge in [-0.15, -0.1) is 0 Å². The van der Waals surface area contributed by atoms with E-state index in [1.54, 1.807) is 54.3 Å². The molecule has 37 heavy (non-hydrogen) atoms. The van der Waals surface area contributed by atoms with E-state index in [9.17, 15) is 14.7 Å². The number of carboxylic acids is 1. The predicted octanol–water partition coefficient (Wildman–Crippen LogP) is 6.15. The Bertz CT molecular complexity index is 974. The number of nitrogens with zero attached hydrogens (tertiary/aromatic N) is 1. The lowest BCUT2D eigenvalue weighted by molar-refractivity contribution is -0.149. The van der Waals surface area contributed by atoms with Gasteiger partial charge < -0.3 is 29.5 Å². The molecular formula is C27H36Cl2N2O6. The van der Waals surface area contributed by atoms with Crippen LogP contribution in [0.3, 0.4) is 0 Å². The van der Waals surface area contributed by atoms with Crippen molar-refractivity contribution in [3.8, 4) is 5.75 Å². The number of rotatable bonds is 17. The van der Waals surface area contributed by atoms with Gasteiger partial charge in [-0.2, -0.15) is 0 Å². The molecule has 0 saturated carbocycles. The lowest BCUT2D eigenvalue weighted by atomic mass is 10.1. The standard InChI is InChI=1S/C27H36Cl2N2O6/c1-3-5-6-15-35-16-13-31(27(34)30-24-12-9-21(28)19-23(24)29)14-17-37-22-10-7-20(8-11-22)18-25(26(32)33)36-4-2/h7-12,19,25H,3-6,13-18H2,1-2H3,(H,30,34)(H,32,33). The maximum Gasteiger partial charge on any atom is 0.333 e. The molecular weight excluding hydrogens is 519 g/mol. The van der Waals surface area contributed by atoms with E-state index in [-0.39, 0.29) is 19.1 Å². The van der Waals surface area contributed by atoms with Crippen molar-refractivity contribution < 1.29 is 28.9 Å². The van der Waals surface area contributed by atoms with Crippen LogP contribution in [0.25, 0.3) is 0 Å². The molecule has 204 valence electrons. The van der Waals surface area contributed by atoms with Crippen molar-refractivity contribution >= 4 is 40.9 Å². The number of anilines is 1. The first-order valence-corrected chi connectivity index (χ1v) is 13.2. The van der Waals surface area contributed by atoms with Crippen molar-refractivity contribution in [2.75, 3.05) is 44.8 Å². The van der Waals surface area contributed by atoms with E-state index in [0.717, 1.165) is 24.8 Å². The Kier molecular flexibility index (Phi) is 14.2. The van der Waals surface area contributed by atoms with E-state index in [1.807, 2.05) is 0 Å². The van der Waals surface area contributed by atoms with E-state index in [4.69, 9.17) is 37.4 Å². The van der Waals surface area contributed by atoms with Crippen LogP contribution in [0.5, 0.6) is 5.75 Å². The van der Waals surface area contributed by atoms with Crippen LogP contribution >= 0.6 is 23.2 Å². The van der Waals surface area contributed by atoms with E-state index < -0.39 is 12.1 Å². The number of nitrogens with one attached hydrogen (secondary N) is 1. The minimum Gasteiger partial charge on any atom is -0.492 e. The van der Waals surface area contributed by atoms with Crippen LogP contribution in [-0.2, 0) is 20.7 Å². The highest BCUT2D eigenvalue weighted by molar-refractivity contribution is 6.36. The lowest BCUT2D eigenvalue weighted by Crippen LogP contribution is -2.40. The van der Waals surface area contributed by atoms with Gasteiger partial charge in [0.1, 0.15) is 12.4 Å². The first-order chi connectivity index (χ1) is 17.8. The van der Waals surface area contributed by atoms with Crippen LogP contribution < -0.4 is 10.1 Å². The Morgan fingerprint density at radius 2 is 1.73 bits per heavy atom. The molecule has 1 unspecified atom stereocenters. The number of aliphatic carboxylic acids is 1. The molecule has 2 N–H and O–H groups in total. The number of unbranched alkanes of at least 4 members (excludes halogenated alkanes) is 2. The maximum atomic E-state index is 13.0. The summed E-state index contributed by atoms with van der Waals surface area (Å²) in [5, 5.41) is 12.9. The third-order valence-electron chi connectivity index (χ3n) is 5.48. The van der Waals surface area contributed by atoms with Gasteiger partial charge in [0.25, 0.3) is 0 Å². The van der Waals surface area contributed by atoms with Crippen molar-refractivity contribution in [1.82, 2.24) is 4.90 Å². The number of halogens is 2. The number of carboxylic acid groups (broad SMARTS) is 1. The fraction of sp³-hybridized carbons (Fsp3) is 0.481. The molecule has 2 amide bonds. The van der Waals surface area contributed by atoms with E-state index in [2.05, 4.69) is 12.2 Å². The van der Waals surface area contributed by atoms with Gasteiger partial charge in [-0.05, 0) is 49.2 Å². The van der Waals surface area contributed by atoms with Crippen molar-refractivity contribution in [1.29, 1.82) is 0 Å². The summed E-state index contributed by atoms with van der Waals surface area (Å²) < 4.78 is 16.8. The lowest BCUT2D eigenvalue weighted by Gasteiger charge is -2.23. The van der Waals surface area contributed by atoms with Crippen LogP contribution in [0, 0.1) is 0 Å². The summed E-state index contributed by atoms with van der Waals surface area (Å²) in [5.74, 6) is -0.376. The quantitative estimate of drug-likeness (QED) is 0.228. The Morgan fingerprint density at radius 1 is 1.00 bits per heavy atom. The number of urea groups is 1. The average Bonchev–Trinajstić information content (AvgIpc) is 2.87. The van der Waals surface area contributed by atoms with Crippen LogP contribution in [-0.4, -0.2) is 67.6 Å². The first kappa shape index (κ1) is 30.7. The summed E-state index contributed by atoms with van der Waals surface area (Å²) >= 11 is 12.2. The largest absolute Gasteiger partial charge is 0.492 e. The zero-order valence-corrected chi connectivity index (χ0v) is 22.9. The highest BCUT2D eigenvalue weighted by Crippen LogP contribution is 2.25. The number of carbonyl (C=O) groups excluding carboxylic acids is 1. The van der Waals surface area contributed by atoms with Crippen LogP contribution in [0.15, 0.2) is 42.5 Å². The summed E-state index contributed by atoms with van der Waals surface area (Å²) in [6.45, 7) is 6.26. The summed E-state index contributed by atoms with van der Waals surface area (Å²) in [7, 11) is 0. The number of benzene rings is 2. The summed E-state index contributed by atoms with van der Waals surface area (Å²) in [5.41, 5.74) is 1.29. The molecule has 1 atom stereocenters. The molecule has 0 aliphatic heterocycles. The number of hydrogen-bond donors (Lipinski definition) is 2. The zero-order valence-electron chi connectivity index (χ0n) is 21.4. The van der Waals surface area contributed by atoms with E-state index in [1.165, 1.54) is 0 Å². The molecule has 0 radical (unpaired) electrons. The molecule has 2 rings (SSSR count). The van der Waals surface area contributed by atoms with Gasteiger partial charge in [0.05, 0.1) is 23.9 Å². The third-order valence-corrected chi connectivity index (χ3v) is 6.02. The monoisotopic (exact) mass is 554 g/mol. The molecule has 0 heterocycles. The van der Waals surface area contributed by atoms with Gasteiger partial charge in [0, 0.05) is 31.2 Å². The minimum absolute atomic E-state index is 0.258. The summed E-state index contributed by atoms with van der Waals surface area (Å²) in [6, 6.07) is 11.7. The summed E-state index contributed by atoms with van der Waals surface area (Å²) in [4.78, 5) is 25.9. The predicted molar refractivity (Wildman–Crippen MR) is 146 cm³/mol. The second-order valence-corrected chi connectivity index (χ2v) is 9.18. The van der Waals surface area contributed by atoms with Gasteiger partial charge in [0.2, 0.25) is 0 Å². The minimum atomic E-state index is -0.991. The van der Waals surface area contributed by atoms with E-state index >= 15 is 0 Å². The Labute approximate surface area is 228 Å². The number of ether oxygens (including phenoxy) is 3. The van der Waals surface area contributed by atoms with Gasteiger partial charge in [-0.3, -0.25) is 0 Å². The molecule has 2 aromatic carbocycles. The molecule has 0 aromatic heterocycles. The topological polar surface area (TPSA) is 97.3 Å². The molecule has 0 saturated heterocycles. The van der Waals surface area contributed by atoms with Crippen LogP contribution in [0.1, 0.15) is 38.7 Å². The maximum absolute atomic E-state index is 13.0. The molecule has 8 nitrogen and oxygen atoms in total. The number of amides is 2. The number of carbonyl (C=O) groups is 2. The van der Waals surface area contributed by atoms with Gasteiger partial charge in [-0.1, -0.05) is 55.1 Å². The fourth-order valence-electron chi connectivity index (χ4n) is 3.46. The van der Waals surface area contributed by atoms with Gasteiger partial charge in [-0.25, -0.2) is 9.59 Å². The average molecular weight is 555 g/mol. The first-order valence-electron chi connectivity index (χ1n) is 12.5. The number of hydrogen-bond acceptors (Lipinski definition) is 5. The molecule has 0 fully saturated rings. The van der Waals surface area contributed by atoms with Crippen molar-refractivity contribution in [3.63, 3.8) is 0 Å². The SMILES string of the molecule is CCCCCOCCN(CCOc1ccc(CC(OCC)C(=O)O)cc1)C(=O)Nc1ccc(Cl)cc1Cl. The Morgan fingerprint density at radius 3 is 2.38 bits per heavy atom. The molecule has 0 aliphatic rings. The zero-order chi connectivity index (χ0) is 27.0.